The molecule has 4 N–H and O–H groups in total. The van der Waals surface area contributed by atoms with E-state index in [0.29, 0.717) is 79.7 Å². The number of hydrogen-bond donors (Lipinski definition) is 4. The fourth-order valence-electron chi connectivity index (χ4n) is 4.96. The molecule has 0 spiro atoms. The van der Waals surface area contributed by atoms with Gasteiger partial charge in [-0.25, -0.2) is 9.97 Å². The molecule has 0 saturated carbocycles. The van der Waals surface area contributed by atoms with Crippen molar-refractivity contribution in [3.63, 3.8) is 0 Å². The second-order valence-corrected chi connectivity index (χ2v) is 10.2. The highest BCUT2D eigenvalue weighted by Crippen LogP contribution is 2.32. The highest BCUT2D eigenvalue weighted by Gasteiger charge is 2.39. The Morgan fingerprint density at radius 3 is 2.60 bits per heavy atom. The number of benzene rings is 2. The third-order valence-corrected chi connectivity index (χ3v) is 7.17. The quantitative estimate of drug-likeness (QED) is 0.0992. The van der Waals surface area contributed by atoms with Gasteiger partial charge >= 0.3 is 0 Å². The average molecular weight is 623 g/mol. The summed E-state index contributed by atoms with van der Waals surface area (Å²) < 4.78 is 21.1. The molecular formula is C30H34N6O9. The molecule has 2 aliphatic heterocycles. The number of aliphatic hydroxyl groups is 1. The fraction of sp³-hybridized carbons (Fsp3) is 0.400. The zero-order chi connectivity index (χ0) is 31.6. The first-order valence-electron chi connectivity index (χ1n) is 14.5. The smallest absolute Gasteiger partial charge is 0.258 e. The summed E-state index contributed by atoms with van der Waals surface area (Å²) in [5.41, 5.74) is 2.52. The minimum Gasteiger partial charge on any atom is -0.484 e. The number of carbonyl (C=O) groups is 4. The van der Waals surface area contributed by atoms with Gasteiger partial charge in [-0.15, -0.1) is 0 Å². The highest BCUT2D eigenvalue weighted by atomic mass is 16.6. The molecule has 4 amide bonds. The topological polar surface area (TPSA) is 191 Å². The van der Waals surface area contributed by atoms with Gasteiger partial charge in [0.05, 0.1) is 38.6 Å². The molecule has 45 heavy (non-hydrogen) atoms. The number of carbonyl (C=O) groups excluding carboxylic acids is 4. The molecule has 15 heteroatoms. The number of aromatic nitrogens is 2. The molecule has 0 bridgehead atoms. The molecule has 0 radical (unpaired) electrons. The van der Waals surface area contributed by atoms with Crippen molar-refractivity contribution in [3.8, 4) is 5.75 Å². The van der Waals surface area contributed by atoms with E-state index in [1.807, 2.05) is 12.1 Å². The Balaban J connectivity index is 1.13. The Kier molecular flexibility index (Phi) is 10.8. The summed E-state index contributed by atoms with van der Waals surface area (Å²) in [6, 6.07) is 9.87. The molecule has 1 atom stereocenters. The first-order valence-corrected chi connectivity index (χ1v) is 14.5. The van der Waals surface area contributed by atoms with Crippen LogP contribution < -0.4 is 20.7 Å². The minimum absolute atomic E-state index is 0.191. The number of rotatable bonds is 16. The predicted octanol–water partition coefficient (Wildman–Crippen LogP) is 0.629. The zero-order valence-corrected chi connectivity index (χ0v) is 24.5. The van der Waals surface area contributed by atoms with Gasteiger partial charge in [0, 0.05) is 36.1 Å². The Hall–Kier alpha value is -4.70. The summed E-state index contributed by atoms with van der Waals surface area (Å²) in [6.07, 6.45) is 1.90. The summed E-state index contributed by atoms with van der Waals surface area (Å²) in [7, 11) is 0. The lowest BCUT2D eigenvalue weighted by atomic mass is 10.0. The van der Waals surface area contributed by atoms with E-state index in [1.54, 1.807) is 24.3 Å². The second kappa shape index (κ2) is 15.3. The normalized spacial score (nSPS) is 16.1. The van der Waals surface area contributed by atoms with E-state index in [2.05, 4.69) is 25.9 Å². The molecule has 15 nitrogen and oxygen atoms in total. The third-order valence-electron chi connectivity index (χ3n) is 7.17. The highest BCUT2D eigenvalue weighted by molar-refractivity contribution is 6.06. The summed E-state index contributed by atoms with van der Waals surface area (Å²) >= 11 is 0. The Morgan fingerprint density at radius 1 is 1.00 bits per heavy atom. The van der Waals surface area contributed by atoms with Gasteiger partial charge in [0.25, 0.3) is 11.8 Å². The third kappa shape index (κ3) is 8.27. The fourth-order valence-corrected chi connectivity index (χ4v) is 4.96. The van der Waals surface area contributed by atoms with Crippen molar-refractivity contribution >= 4 is 46.0 Å². The van der Waals surface area contributed by atoms with Gasteiger partial charge in [0.2, 0.25) is 11.8 Å². The van der Waals surface area contributed by atoms with Gasteiger partial charge in [-0.2, -0.15) is 0 Å². The number of hydrogen-bond acceptors (Lipinski definition) is 12. The maximum atomic E-state index is 13.2. The molecule has 3 heterocycles. The first kappa shape index (κ1) is 31.7. The van der Waals surface area contributed by atoms with Crippen LogP contribution in [-0.2, 0) is 35.1 Å². The number of ether oxygens (including phenoxy) is 4. The molecule has 2 aromatic carbocycles. The Labute approximate surface area is 258 Å². The predicted molar refractivity (Wildman–Crippen MR) is 158 cm³/mol. The van der Waals surface area contributed by atoms with Crippen LogP contribution in [0.4, 0.5) is 11.5 Å². The zero-order valence-electron chi connectivity index (χ0n) is 24.5. The molecule has 1 unspecified atom stereocenters. The molecule has 2 aliphatic rings. The number of piperidine rings is 1. The van der Waals surface area contributed by atoms with Crippen molar-refractivity contribution in [1.82, 2.24) is 25.5 Å². The Morgan fingerprint density at radius 2 is 1.80 bits per heavy atom. The van der Waals surface area contributed by atoms with Crippen molar-refractivity contribution in [2.45, 2.75) is 25.4 Å². The van der Waals surface area contributed by atoms with Gasteiger partial charge in [0.1, 0.15) is 30.7 Å². The maximum absolute atomic E-state index is 13.2. The summed E-state index contributed by atoms with van der Waals surface area (Å²) in [4.78, 5) is 59.5. The van der Waals surface area contributed by atoms with Crippen LogP contribution in [-0.4, -0.2) is 103 Å². The number of nitrogens with zero attached hydrogens (tertiary/aromatic N) is 3. The molecule has 1 fully saturated rings. The summed E-state index contributed by atoms with van der Waals surface area (Å²) in [5.74, 6) is -0.451. The van der Waals surface area contributed by atoms with Crippen LogP contribution in [0, 0.1) is 0 Å². The van der Waals surface area contributed by atoms with Gasteiger partial charge < -0.3 is 39.6 Å². The summed E-state index contributed by atoms with van der Waals surface area (Å²) in [6.45, 7) is 1.78. The molecule has 5 rings (SSSR count). The van der Waals surface area contributed by atoms with Crippen LogP contribution in [0.15, 0.2) is 42.7 Å². The number of fused-ring (bicyclic) bond motifs is 2. The maximum Gasteiger partial charge on any atom is 0.258 e. The molecule has 1 saturated heterocycles. The number of amides is 4. The van der Waals surface area contributed by atoms with Crippen molar-refractivity contribution < 1.29 is 43.2 Å². The van der Waals surface area contributed by atoms with E-state index in [0.717, 1.165) is 5.56 Å². The largest absolute Gasteiger partial charge is 0.484 e. The van der Waals surface area contributed by atoms with Crippen molar-refractivity contribution in [2.24, 2.45) is 0 Å². The summed E-state index contributed by atoms with van der Waals surface area (Å²) in [5, 5.41) is 17.4. The van der Waals surface area contributed by atoms with E-state index in [4.69, 9.17) is 24.1 Å². The van der Waals surface area contributed by atoms with E-state index in [-0.39, 0.29) is 44.1 Å². The van der Waals surface area contributed by atoms with Crippen LogP contribution in [0.1, 0.15) is 28.8 Å². The lowest BCUT2D eigenvalue weighted by Crippen LogP contribution is -2.52. The van der Waals surface area contributed by atoms with Crippen molar-refractivity contribution in [2.75, 3.05) is 58.3 Å². The van der Waals surface area contributed by atoms with Crippen LogP contribution in [0.2, 0.25) is 0 Å². The average Bonchev–Trinajstić information content (AvgIpc) is 3.36. The van der Waals surface area contributed by atoms with Crippen LogP contribution in [0.25, 0.3) is 10.9 Å². The van der Waals surface area contributed by atoms with Gasteiger partial charge in [-0.3, -0.25) is 24.5 Å². The lowest BCUT2D eigenvalue weighted by molar-refractivity contribution is -0.137. The molecule has 238 valence electrons. The van der Waals surface area contributed by atoms with Crippen molar-refractivity contribution in [1.29, 1.82) is 0 Å². The number of nitrogens with one attached hydrogen (secondary N) is 3. The van der Waals surface area contributed by atoms with E-state index >= 15 is 0 Å². The molecular weight excluding hydrogens is 588 g/mol. The van der Waals surface area contributed by atoms with Gasteiger partial charge in [-0.1, -0.05) is 6.07 Å². The van der Waals surface area contributed by atoms with Crippen molar-refractivity contribution in [3.05, 3.63) is 53.9 Å². The number of imide groups is 1. The molecule has 0 aliphatic carbocycles. The number of aliphatic hydroxyl groups excluding tert-OH is 1. The van der Waals surface area contributed by atoms with E-state index in [9.17, 15) is 19.2 Å². The van der Waals surface area contributed by atoms with Gasteiger partial charge in [0.15, 0.2) is 6.61 Å². The monoisotopic (exact) mass is 622 g/mol. The standard InChI is InChI=1S/C30H34N6O9/c37-18-44-12-11-43-10-9-42-8-7-31-27(39)16-45-21-3-4-24-23(14-21)28(33-17-32-24)34-20-2-1-19-15-36(30(41)22(19)13-20)25-5-6-26(38)35-29(25)40/h1-4,13-14,17,25,37H,5-12,15-16,18H2,(H,31,39)(H,32,33,34)(H,35,38,40). The number of anilines is 2. The second-order valence-electron chi connectivity index (χ2n) is 10.2. The Bertz CT molecular complexity index is 1550. The van der Waals surface area contributed by atoms with Crippen LogP contribution in [0.3, 0.4) is 0 Å². The van der Waals surface area contributed by atoms with Crippen LogP contribution in [0.5, 0.6) is 5.75 Å². The van der Waals surface area contributed by atoms with Crippen LogP contribution >= 0.6 is 0 Å². The van der Waals surface area contributed by atoms with Gasteiger partial charge in [-0.05, 0) is 42.3 Å². The molecule has 3 aromatic rings. The van der Waals surface area contributed by atoms with E-state index in [1.165, 1.54) is 11.2 Å². The SMILES string of the molecule is O=C(COc1ccc2ncnc(Nc3ccc4c(c3)C(=O)N(C3CCC(=O)NC3=O)C4)c2c1)NCCOCCOCCOCO. The lowest BCUT2D eigenvalue weighted by Gasteiger charge is -2.29. The van der Waals surface area contributed by atoms with E-state index < -0.39 is 11.9 Å². The minimum atomic E-state index is -0.687. The molecule has 1 aromatic heterocycles. The first-order chi connectivity index (χ1) is 21.9.